The lowest BCUT2D eigenvalue weighted by Crippen LogP contribution is -1.69. The highest BCUT2D eigenvalue weighted by atomic mass is 32.1. The number of thiophene rings is 2. The minimum Gasteiger partial charge on any atom is -0.192 e. The van der Waals surface area contributed by atoms with Crippen LogP contribution in [0, 0.1) is 11.3 Å². The van der Waals surface area contributed by atoms with Crippen LogP contribution in [-0.4, -0.2) is 0 Å². The summed E-state index contributed by atoms with van der Waals surface area (Å²) in [7, 11) is 0. The van der Waals surface area contributed by atoms with Gasteiger partial charge in [-0.2, -0.15) is 5.26 Å². The summed E-state index contributed by atoms with van der Waals surface area (Å²) in [5, 5.41) is 12.2. The average molecular weight is 241 g/mol. The molecule has 1 nitrogen and oxygen atoms in total. The van der Waals surface area contributed by atoms with Gasteiger partial charge in [-0.1, -0.05) is 18.2 Å². The summed E-state index contributed by atoms with van der Waals surface area (Å²) in [6.07, 6.45) is 0. The van der Waals surface area contributed by atoms with Gasteiger partial charge in [0.2, 0.25) is 0 Å². The lowest BCUT2D eigenvalue weighted by molar-refractivity contribution is 1.52. The Morgan fingerprint density at radius 1 is 1.12 bits per heavy atom. The van der Waals surface area contributed by atoms with Gasteiger partial charge in [0, 0.05) is 15.1 Å². The molecule has 0 radical (unpaired) electrons. The van der Waals surface area contributed by atoms with Crippen molar-refractivity contribution in [3.63, 3.8) is 0 Å². The minimum atomic E-state index is 0.798. The van der Waals surface area contributed by atoms with E-state index >= 15 is 0 Å². The van der Waals surface area contributed by atoms with Crippen molar-refractivity contribution in [3.8, 4) is 16.5 Å². The van der Waals surface area contributed by atoms with Gasteiger partial charge in [0.15, 0.2) is 0 Å². The molecule has 2 heterocycles. The molecule has 3 rings (SSSR count). The van der Waals surface area contributed by atoms with Crippen molar-refractivity contribution in [2.75, 3.05) is 0 Å². The molecule has 2 aromatic heterocycles. The van der Waals surface area contributed by atoms with E-state index < -0.39 is 0 Å². The van der Waals surface area contributed by atoms with Crippen LogP contribution < -0.4 is 0 Å². The first-order chi connectivity index (χ1) is 7.88. The van der Waals surface area contributed by atoms with Gasteiger partial charge in [-0.15, -0.1) is 22.7 Å². The summed E-state index contributed by atoms with van der Waals surface area (Å²) in [6, 6.07) is 14.7. The molecule has 0 aliphatic heterocycles. The summed E-state index contributed by atoms with van der Waals surface area (Å²) in [4.78, 5) is 1.98. The summed E-state index contributed by atoms with van der Waals surface area (Å²) in [6.45, 7) is 0. The largest absolute Gasteiger partial charge is 0.192 e. The molecule has 3 heteroatoms. The lowest BCUT2D eigenvalue weighted by atomic mass is 10.2. The Morgan fingerprint density at radius 2 is 2.00 bits per heavy atom. The van der Waals surface area contributed by atoms with Crippen molar-refractivity contribution in [3.05, 3.63) is 46.7 Å². The van der Waals surface area contributed by atoms with E-state index in [1.165, 1.54) is 26.3 Å². The van der Waals surface area contributed by atoms with Crippen molar-refractivity contribution in [1.82, 2.24) is 0 Å². The third kappa shape index (κ3) is 1.44. The molecule has 0 atom stereocenters. The Labute approximate surface area is 101 Å². The van der Waals surface area contributed by atoms with Crippen LogP contribution in [0.4, 0.5) is 0 Å². The zero-order valence-corrected chi connectivity index (χ0v) is 9.94. The number of hydrogen-bond donors (Lipinski definition) is 0. The topological polar surface area (TPSA) is 23.8 Å². The third-order valence-electron chi connectivity index (χ3n) is 2.46. The number of rotatable bonds is 1. The van der Waals surface area contributed by atoms with E-state index in [2.05, 4.69) is 24.3 Å². The first-order valence-electron chi connectivity index (χ1n) is 4.85. The molecule has 0 saturated carbocycles. The Morgan fingerprint density at radius 3 is 2.81 bits per heavy atom. The summed E-state index contributed by atoms with van der Waals surface area (Å²) in [5.41, 5.74) is 1.06. The standard InChI is InChI=1S/C13H7NS2/c14-8-13-10(5-6-15-13)12-7-9-3-1-2-4-11(9)16-12/h1-7H. The van der Waals surface area contributed by atoms with E-state index in [9.17, 15) is 0 Å². The first-order valence-corrected chi connectivity index (χ1v) is 6.54. The predicted molar refractivity (Wildman–Crippen MR) is 69.9 cm³/mol. The van der Waals surface area contributed by atoms with Crippen LogP contribution >= 0.6 is 22.7 Å². The van der Waals surface area contributed by atoms with Gasteiger partial charge < -0.3 is 0 Å². The van der Waals surface area contributed by atoms with Gasteiger partial charge in [0.05, 0.1) is 0 Å². The van der Waals surface area contributed by atoms with Gasteiger partial charge in [-0.3, -0.25) is 0 Å². The van der Waals surface area contributed by atoms with E-state index in [0.717, 1.165) is 10.4 Å². The van der Waals surface area contributed by atoms with Crippen LogP contribution in [0.1, 0.15) is 4.88 Å². The van der Waals surface area contributed by atoms with Crippen molar-refractivity contribution < 1.29 is 0 Å². The van der Waals surface area contributed by atoms with Crippen LogP contribution in [0.2, 0.25) is 0 Å². The van der Waals surface area contributed by atoms with E-state index in [0.29, 0.717) is 0 Å². The molecule has 0 unspecified atom stereocenters. The first kappa shape index (κ1) is 9.59. The molecule has 0 amide bonds. The highest BCUT2D eigenvalue weighted by Gasteiger charge is 2.09. The molecule has 0 saturated heterocycles. The molecule has 0 spiro atoms. The van der Waals surface area contributed by atoms with Crippen molar-refractivity contribution >= 4 is 32.8 Å². The summed E-state index contributed by atoms with van der Waals surface area (Å²) < 4.78 is 1.27. The third-order valence-corrected chi connectivity index (χ3v) is 4.43. The molecule has 0 aliphatic carbocycles. The molecule has 3 aromatic rings. The zero-order valence-electron chi connectivity index (χ0n) is 8.31. The maximum atomic E-state index is 9.01. The van der Waals surface area contributed by atoms with Crippen LogP contribution in [-0.2, 0) is 0 Å². The van der Waals surface area contributed by atoms with Crippen molar-refractivity contribution in [2.24, 2.45) is 0 Å². The van der Waals surface area contributed by atoms with Gasteiger partial charge >= 0.3 is 0 Å². The normalized spacial score (nSPS) is 10.4. The fourth-order valence-corrected chi connectivity index (χ4v) is 3.56. The smallest absolute Gasteiger partial charge is 0.113 e. The molecule has 76 valence electrons. The zero-order chi connectivity index (χ0) is 11.0. The van der Waals surface area contributed by atoms with Crippen molar-refractivity contribution in [2.45, 2.75) is 0 Å². The Bertz CT molecular complexity index is 652. The van der Waals surface area contributed by atoms with Crippen LogP contribution in [0.3, 0.4) is 0 Å². The summed E-state index contributed by atoms with van der Waals surface area (Å²) in [5.74, 6) is 0. The van der Waals surface area contributed by atoms with Crippen LogP contribution in [0.5, 0.6) is 0 Å². The second-order valence-corrected chi connectivity index (χ2v) is 5.42. The Hall–Kier alpha value is -1.63. The highest BCUT2D eigenvalue weighted by Crippen LogP contribution is 2.36. The monoisotopic (exact) mass is 241 g/mol. The molecular weight excluding hydrogens is 234 g/mol. The Kier molecular flexibility index (Phi) is 2.24. The number of fused-ring (bicyclic) bond motifs is 1. The number of hydrogen-bond acceptors (Lipinski definition) is 3. The van der Waals surface area contributed by atoms with Gasteiger partial charge in [0.1, 0.15) is 10.9 Å². The maximum absolute atomic E-state index is 9.01. The number of benzene rings is 1. The van der Waals surface area contributed by atoms with E-state index in [1.54, 1.807) is 11.3 Å². The van der Waals surface area contributed by atoms with E-state index in [1.807, 2.05) is 23.6 Å². The molecule has 0 bridgehead atoms. The second-order valence-electron chi connectivity index (χ2n) is 3.42. The maximum Gasteiger partial charge on any atom is 0.113 e. The van der Waals surface area contributed by atoms with E-state index in [4.69, 9.17) is 5.26 Å². The Balaban J connectivity index is 2.24. The fraction of sp³-hybridized carbons (Fsp3) is 0. The fourth-order valence-electron chi connectivity index (χ4n) is 1.70. The van der Waals surface area contributed by atoms with Gasteiger partial charge in [0.25, 0.3) is 0 Å². The highest BCUT2D eigenvalue weighted by molar-refractivity contribution is 7.22. The molecule has 1 aromatic carbocycles. The van der Waals surface area contributed by atoms with E-state index in [-0.39, 0.29) is 0 Å². The predicted octanol–water partition coefficient (Wildman–Crippen LogP) is 4.50. The van der Waals surface area contributed by atoms with Gasteiger partial charge in [-0.05, 0) is 29.0 Å². The number of nitrogens with zero attached hydrogens (tertiary/aromatic N) is 1. The minimum absolute atomic E-state index is 0.798. The second kappa shape index (κ2) is 3.75. The molecule has 16 heavy (non-hydrogen) atoms. The molecule has 0 fully saturated rings. The van der Waals surface area contributed by atoms with Crippen LogP contribution in [0.25, 0.3) is 20.5 Å². The average Bonchev–Trinajstić information content (AvgIpc) is 2.94. The molecule has 0 aliphatic rings. The molecular formula is C13H7NS2. The molecule has 0 N–H and O–H groups in total. The van der Waals surface area contributed by atoms with Gasteiger partial charge in [-0.25, -0.2) is 0 Å². The lowest BCUT2D eigenvalue weighted by Gasteiger charge is -1.90. The number of nitriles is 1. The summed E-state index contributed by atoms with van der Waals surface area (Å²) >= 11 is 3.24. The van der Waals surface area contributed by atoms with Crippen LogP contribution in [0.15, 0.2) is 41.8 Å². The SMILES string of the molecule is N#Cc1sccc1-c1cc2ccccc2s1. The quantitative estimate of drug-likeness (QED) is 0.615. The van der Waals surface area contributed by atoms with Crippen molar-refractivity contribution in [1.29, 1.82) is 5.26 Å².